The summed E-state index contributed by atoms with van der Waals surface area (Å²) in [5, 5.41) is 25.5. The lowest BCUT2D eigenvalue weighted by Crippen LogP contribution is -2.43. The Kier molecular flexibility index (Phi) is 8.91. The second kappa shape index (κ2) is 12.1. The van der Waals surface area contributed by atoms with E-state index in [2.05, 4.69) is 15.2 Å². The van der Waals surface area contributed by atoms with E-state index in [1.807, 2.05) is 18.2 Å². The molecule has 2 heterocycles. The van der Waals surface area contributed by atoms with Crippen molar-refractivity contribution in [2.75, 3.05) is 45.2 Å². The molecule has 1 aromatic heterocycles. The van der Waals surface area contributed by atoms with Gasteiger partial charge in [0.2, 0.25) is 0 Å². The second-order valence-electron chi connectivity index (χ2n) is 9.92. The Bertz CT molecular complexity index is 1180. The van der Waals surface area contributed by atoms with E-state index in [-0.39, 0.29) is 18.6 Å². The number of rotatable bonds is 11. The van der Waals surface area contributed by atoms with E-state index >= 15 is 0 Å². The lowest BCUT2D eigenvalue weighted by atomic mass is 9.74. The van der Waals surface area contributed by atoms with Crippen LogP contribution in [0.15, 0.2) is 42.6 Å². The molecule has 0 amide bonds. The molecular formula is C28H36F2N4O3. The molecule has 1 aliphatic rings. The van der Waals surface area contributed by atoms with Gasteiger partial charge in [-0.25, -0.2) is 8.78 Å². The van der Waals surface area contributed by atoms with Crippen molar-refractivity contribution in [3.05, 3.63) is 65.4 Å². The number of aliphatic hydroxyl groups excluding tert-OH is 2. The van der Waals surface area contributed by atoms with Crippen LogP contribution in [-0.4, -0.2) is 60.0 Å². The molecule has 1 aliphatic heterocycles. The van der Waals surface area contributed by atoms with Crippen molar-refractivity contribution in [2.24, 2.45) is 11.1 Å². The molecule has 7 nitrogen and oxygen atoms in total. The lowest BCUT2D eigenvalue weighted by molar-refractivity contribution is 0.0247. The molecular weight excluding hydrogens is 478 g/mol. The van der Waals surface area contributed by atoms with Gasteiger partial charge >= 0.3 is 0 Å². The zero-order valence-electron chi connectivity index (χ0n) is 21.2. The van der Waals surface area contributed by atoms with Crippen molar-refractivity contribution < 1.29 is 23.7 Å². The number of likely N-dealkylation sites (tertiary alicyclic amines) is 1. The highest BCUT2D eigenvalue weighted by molar-refractivity contribution is 5.85. The zero-order valence-corrected chi connectivity index (χ0v) is 21.2. The average Bonchev–Trinajstić information content (AvgIpc) is 2.91. The number of aliphatic hydroxyl groups is 2. The Morgan fingerprint density at radius 2 is 1.89 bits per heavy atom. The van der Waals surface area contributed by atoms with E-state index < -0.39 is 17.7 Å². The molecule has 5 N–H and O–H groups in total. The van der Waals surface area contributed by atoms with Crippen molar-refractivity contribution in [1.82, 2.24) is 9.88 Å². The number of hydrogen-bond donors (Lipinski definition) is 4. The molecule has 0 spiro atoms. The summed E-state index contributed by atoms with van der Waals surface area (Å²) in [6, 6.07) is 9.00. The number of nitrogens with zero attached hydrogens (tertiary/aromatic N) is 2. The van der Waals surface area contributed by atoms with Gasteiger partial charge in [0.25, 0.3) is 0 Å². The van der Waals surface area contributed by atoms with Gasteiger partial charge in [0.05, 0.1) is 18.7 Å². The molecule has 4 rings (SSSR count). The smallest absolute Gasteiger partial charge is 0.128 e. The number of nitrogens with two attached hydrogens (primary N) is 1. The van der Waals surface area contributed by atoms with E-state index in [0.717, 1.165) is 60.6 Å². The average molecular weight is 515 g/mol. The minimum atomic E-state index is -0.742. The van der Waals surface area contributed by atoms with E-state index in [0.29, 0.717) is 30.8 Å². The first-order valence-electron chi connectivity index (χ1n) is 12.7. The van der Waals surface area contributed by atoms with E-state index in [9.17, 15) is 19.0 Å². The summed E-state index contributed by atoms with van der Waals surface area (Å²) in [7, 11) is 1.60. The van der Waals surface area contributed by atoms with Gasteiger partial charge in [-0.2, -0.15) is 0 Å². The molecule has 0 aliphatic carbocycles. The second-order valence-corrected chi connectivity index (χ2v) is 9.92. The number of pyridine rings is 1. The van der Waals surface area contributed by atoms with Crippen LogP contribution >= 0.6 is 0 Å². The zero-order chi connectivity index (χ0) is 26.4. The molecule has 37 heavy (non-hydrogen) atoms. The predicted octanol–water partition coefficient (Wildman–Crippen LogP) is 3.98. The van der Waals surface area contributed by atoms with Crippen LogP contribution in [0.2, 0.25) is 0 Å². The minimum Gasteiger partial charge on any atom is -0.497 e. The van der Waals surface area contributed by atoms with Crippen molar-refractivity contribution in [2.45, 2.75) is 38.3 Å². The summed E-state index contributed by atoms with van der Waals surface area (Å²) in [6.45, 7) is 3.23. The standard InChI is InChI=1S/C28H36F2N4O3/c1-37-23-2-3-25-24(15-23)27(19(16-31)17-33-25)26(36)4-5-28(18-35)6-9-34(10-7-28)11-8-32-22-13-20(29)12-21(30)14-22/h2-3,12-15,17,26,32,35-36H,4-11,16,18,31H2,1H3. The van der Waals surface area contributed by atoms with Gasteiger partial charge in [-0.1, -0.05) is 0 Å². The Hall–Kier alpha value is -2.85. The van der Waals surface area contributed by atoms with Crippen molar-refractivity contribution in [1.29, 1.82) is 0 Å². The van der Waals surface area contributed by atoms with Gasteiger partial charge in [-0.3, -0.25) is 4.98 Å². The van der Waals surface area contributed by atoms with E-state index in [4.69, 9.17) is 10.5 Å². The van der Waals surface area contributed by atoms with Gasteiger partial charge in [0.1, 0.15) is 17.4 Å². The molecule has 1 fully saturated rings. The summed E-state index contributed by atoms with van der Waals surface area (Å²) < 4.78 is 32.1. The summed E-state index contributed by atoms with van der Waals surface area (Å²) in [4.78, 5) is 6.76. The topological polar surface area (TPSA) is 104 Å². The molecule has 1 saturated heterocycles. The molecule has 2 aromatic carbocycles. The fourth-order valence-electron chi connectivity index (χ4n) is 5.26. The third kappa shape index (κ3) is 6.54. The number of piperidine rings is 1. The van der Waals surface area contributed by atoms with Gasteiger partial charge in [0.15, 0.2) is 0 Å². The van der Waals surface area contributed by atoms with Crippen LogP contribution in [0.25, 0.3) is 10.9 Å². The van der Waals surface area contributed by atoms with Gasteiger partial charge < -0.3 is 30.9 Å². The van der Waals surface area contributed by atoms with Crippen molar-refractivity contribution >= 4 is 16.6 Å². The van der Waals surface area contributed by atoms with Crippen LogP contribution < -0.4 is 15.8 Å². The summed E-state index contributed by atoms with van der Waals surface area (Å²) in [6.07, 6.45) is 3.76. The number of methoxy groups -OCH3 is 1. The first kappa shape index (κ1) is 27.2. The number of anilines is 1. The largest absolute Gasteiger partial charge is 0.497 e. The Labute approximate surface area is 216 Å². The van der Waals surface area contributed by atoms with Gasteiger partial charge in [0, 0.05) is 49.6 Å². The van der Waals surface area contributed by atoms with Gasteiger partial charge in [-0.05, 0) is 85.6 Å². The fraction of sp³-hybridized carbons (Fsp3) is 0.464. The molecule has 9 heteroatoms. The normalized spacial score (nSPS) is 16.6. The Balaban J connectivity index is 1.35. The molecule has 0 bridgehead atoms. The van der Waals surface area contributed by atoms with Crippen LogP contribution in [0.5, 0.6) is 5.75 Å². The summed E-state index contributed by atoms with van der Waals surface area (Å²) in [5.41, 5.74) is 8.48. The van der Waals surface area contributed by atoms with Crippen molar-refractivity contribution in [3.63, 3.8) is 0 Å². The molecule has 1 atom stereocenters. The van der Waals surface area contributed by atoms with Crippen LogP contribution in [0.4, 0.5) is 14.5 Å². The van der Waals surface area contributed by atoms with E-state index in [1.165, 1.54) is 12.1 Å². The fourth-order valence-corrected chi connectivity index (χ4v) is 5.26. The maximum Gasteiger partial charge on any atom is 0.128 e. The van der Waals surface area contributed by atoms with Crippen LogP contribution in [0, 0.1) is 17.0 Å². The molecule has 200 valence electrons. The molecule has 1 unspecified atom stereocenters. The first-order valence-corrected chi connectivity index (χ1v) is 12.7. The number of fused-ring (bicyclic) bond motifs is 1. The minimum absolute atomic E-state index is 0.0586. The quantitative estimate of drug-likeness (QED) is 0.307. The maximum absolute atomic E-state index is 13.4. The maximum atomic E-state index is 13.4. The lowest BCUT2D eigenvalue weighted by Gasteiger charge is -2.41. The van der Waals surface area contributed by atoms with Crippen LogP contribution in [-0.2, 0) is 6.54 Å². The number of halogens is 2. The summed E-state index contributed by atoms with van der Waals surface area (Å²) >= 11 is 0. The monoisotopic (exact) mass is 514 g/mol. The third-order valence-electron chi connectivity index (χ3n) is 7.57. The highest BCUT2D eigenvalue weighted by Gasteiger charge is 2.34. The van der Waals surface area contributed by atoms with E-state index in [1.54, 1.807) is 13.3 Å². The van der Waals surface area contributed by atoms with Crippen LogP contribution in [0.1, 0.15) is 42.9 Å². The molecule has 0 radical (unpaired) electrons. The molecule has 0 saturated carbocycles. The number of nitrogens with one attached hydrogen (secondary N) is 1. The Morgan fingerprint density at radius 3 is 2.54 bits per heavy atom. The number of ether oxygens (including phenoxy) is 1. The predicted molar refractivity (Wildman–Crippen MR) is 140 cm³/mol. The third-order valence-corrected chi connectivity index (χ3v) is 7.57. The highest BCUT2D eigenvalue weighted by Crippen LogP contribution is 2.39. The number of hydrogen-bond acceptors (Lipinski definition) is 7. The number of benzene rings is 2. The van der Waals surface area contributed by atoms with Gasteiger partial charge in [-0.15, -0.1) is 0 Å². The summed E-state index contributed by atoms with van der Waals surface area (Å²) in [5.74, 6) is -0.520. The highest BCUT2D eigenvalue weighted by atomic mass is 19.1. The number of aromatic nitrogens is 1. The molecule has 3 aromatic rings. The SMILES string of the molecule is COc1ccc2ncc(CN)c(C(O)CCC3(CO)CCN(CCNc4cc(F)cc(F)c4)CC3)c2c1. The van der Waals surface area contributed by atoms with Crippen molar-refractivity contribution in [3.8, 4) is 5.75 Å². The Morgan fingerprint density at radius 1 is 1.16 bits per heavy atom. The van der Waals surface area contributed by atoms with Crippen LogP contribution in [0.3, 0.4) is 0 Å². The first-order chi connectivity index (χ1) is 17.9.